The molecule has 0 atom stereocenters. The van der Waals surface area contributed by atoms with Crippen LogP contribution in [-0.2, 0) is 22.7 Å². The molecule has 2 aromatic heterocycles. The van der Waals surface area contributed by atoms with Crippen molar-refractivity contribution in [1.29, 1.82) is 0 Å². The normalized spacial score (nSPS) is 12.2. The average molecular weight is 480 g/mol. The lowest BCUT2D eigenvalue weighted by atomic mass is 10.2. The molecule has 7 nitrogen and oxygen atoms in total. The van der Waals surface area contributed by atoms with Gasteiger partial charge in [0.05, 0.1) is 26.2 Å². The Kier molecular flexibility index (Phi) is 6.25. The summed E-state index contributed by atoms with van der Waals surface area (Å²) in [5, 5.41) is 7.27. The van der Waals surface area contributed by atoms with E-state index < -0.39 is 31.7 Å². The molecular formula is C17H14Cl2F3N5O2S. The molecule has 3 rings (SSSR count). The maximum Gasteiger partial charge on any atom is 0.417 e. The van der Waals surface area contributed by atoms with Gasteiger partial charge >= 0.3 is 6.18 Å². The van der Waals surface area contributed by atoms with Crippen LogP contribution >= 0.6 is 23.2 Å². The Morgan fingerprint density at radius 3 is 2.60 bits per heavy atom. The lowest BCUT2D eigenvalue weighted by molar-refractivity contribution is -0.137. The van der Waals surface area contributed by atoms with Crippen molar-refractivity contribution in [3.8, 4) is 11.5 Å². The van der Waals surface area contributed by atoms with Crippen LogP contribution in [0.15, 0.2) is 41.7 Å². The standard InChI is InChI=1S/C17H14Cl2F3N5O2S/c1-2-5-27-9-24-25-16(27)15-14(6-10(18)8-23-15)26-30(28,29)11-3-4-13(19)12(7-11)17(20,21)22/h3-4,6-9,26H,2,5H2,1H3. The van der Waals surface area contributed by atoms with Crippen LogP contribution in [0.2, 0.25) is 10.0 Å². The Morgan fingerprint density at radius 2 is 1.93 bits per heavy atom. The predicted molar refractivity (Wildman–Crippen MR) is 106 cm³/mol. The molecule has 0 unspecified atom stereocenters. The Labute approximate surface area is 179 Å². The highest BCUT2D eigenvalue weighted by Crippen LogP contribution is 2.36. The molecule has 0 aliphatic rings. The number of anilines is 1. The third kappa shape index (κ3) is 4.68. The Balaban J connectivity index is 2.06. The zero-order valence-electron chi connectivity index (χ0n) is 15.3. The Morgan fingerprint density at radius 1 is 1.20 bits per heavy atom. The molecule has 2 heterocycles. The van der Waals surface area contributed by atoms with Gasteiger partial charge in [-0.25, -0.2) is 13.4 Å². The molecule has 0 radical (unpaired) electrons. The molecule has 13 heteroatoms. The summed E-state index contributed by atoms with van der Waals surface area (Å²) in [4.78, 5) is 3.50. The van der Waals surface area contributed by atoms with Crippen molar-refractivity contribution in [2.24, 2.45) is 0 Å². The maximum absolute atomic E-state index is 13.1. The second-order valence-electron chi connectivity index (χ2n) is 6.14. The molecule has 1 aromatic carbocycles. The first-order valence-corrected chi connectivity index (χ1v) is 10.7. The number of pyridine rings is 1. The molecule has 30 heavy (non-hydrogen) atoms. The van der Waals surface area contributed by atoms with Crippen LogP contribution in [0.25, 0.3) is 11.5 Å². The zero-order chi connectivity index (χ0) is 22.1. The highest BCUT2D eigenvalue weighted by Gasteiger charge is 2.34. The van der Waals surface area contributed by atoms with E-state index in [1.165, 1.54) is 18.6 Å². The summed E-state index contributed by atoms with van der Waals surface area (Å²) in [5.41, 5.74) is -1.20. The monoisotopic (exact) mass is 479 g/mol. The van der Waals surface area contributed by atoms with Gasteiger partial charge in [-0.05, 0) is 30.7 Å². The third-order valence-corrected chi connectivity index (χ3v) is 5.84. The maximum atomic E-state index is 13.1. The second-order valence-corrected chi connectivity index (χ2v) is 8.67. The third-order valence-electron chi connectivity index (χ3n) is 3.94. The number of nitrogens with zero attached hydrogens (tertiary/aromatic N) is 4. The topological polar surface area (TPSA) is 89.8 Å². The molecule has 0 spiro atoms. The first-order valence-electron chi connectivity index (χ1n) is 8.46. The van der Waals surface area contributed by atoms with Gasteiger partial charge in [0.15, 0.2) is 5.82 Å². The van der Waals surface area contributed by atoms with Crippen molar-refractivity contribution in [2.45, 2.75) is 31.0 Å². The quantitative estimate of drug-likeness (QED) is 0.544. The smallest absolute Gasteiger partial charge is 0.312 e. The van der Waals surface area contributed by atoms with Crippen LogP contribution in [0.5, 0.6) is 0 Å². The van der Waals surface area contributed by atoms with E-state index >= 15 is 0 Å². The largest absolute Gasteiger partial charge is 0.417 e. The molecule has 0 aliphatic heterocycles. The highest BCUT2D eigenvalue weighted by molar-refractivity contribution is 7.92. The van der Waals surface area contributed by atoms with E-state index in [9.17, 15) is 21.6 Å². The highest BCUT2D eigenvalue weighted by atomic mass is 35.5. The Bertz CT molecular complexity index is 1180. The fraction of sp³-hybridized carbons (Fsp3) is 0.235. The van der Waals surface area contributed by atoms with Gasteiger partial charge in [-0.2, -0.15) is 13.2 Å². The summed E-state index contributed by atoms with van der Waals surface area (Å²) >= 11 is 11.5. The zero-order valence-corrected chi connectivity index (χ0v) is 17.6. The van der Waals surface area contributed by atoms with Crippen molar-refractivity contribution in [1.82, 2.24) is 19.7 Å². The van der Waals surface area contributed by atoms with Crippen molar-refractivity contribution in [3.05, 3.63) is 52.4 Å². The van der Waals surface area contributed by atoms with Crippen LogP contribution in [0, 0.1) is 0 Å². The molecule has 160 valence electrons. The van der Waals surface area contributed by atoms with Gasteiger partial charge in [0.25, 0.3) is 10.0 Å². The molecule has 0 amide bonds. The van der Waals surface area contributed by atoms with Crippen LogP contribution in [-0.4, -0.2) is 28.2 Å². The average Bonchev–Trinajstić information content (AvgIpc) is 3.09. The molecule has 1 N–H and O–H groups in total. The second kappa shape index (κ2) is 8.40. The summed E-state index contributed by atoms with van der Waals surface area (Å²) < 4.78 is 68.9. The van der Waals surface area contributed by atoms with Gasteiger partial charge in [-0.1, -0.05) is 30.1 Å². The summed E-state index contributed by atoms with van der Waals surface area (Å²) in [6.07, 6.45) is -1.31. The number of aryl methyl sites for hydroxylation is 1. The molecule has 0 fully saturated rings. The van der Waals surface area contributed by atoms with Crippen molar-refractivity contribution >= 4 is 38.9 Å². The first-order chi connectivity index (χ1) is 14.0. The van der Waals surface area contributed by atoms with Crippen LogP contribution in [0.1, 0.15) is 18.9 Å². The van der Waals surface area contributed by atoms with E-state index in [0.29, 0.717) is 12.6 Å². The summed E-state index contributed by atoms with van der Waals surface area (Å²) in [5.74, 6) is 0.276. The van der Waals surface area contributed by atoms with Gasteiger partial charge < -0.3 is 4.57 Å². The Hall–Kier alpha value is -2.37. The SMILES string of the molecule is CCCn1cnnc1-c1ncc(Cl)cc1NS(=O)(=O)c1ccc(Cl)c(C(F)(F)F)c1. The van der Waals surface area contributed by atoms with Crippen molar-refractivity contribution in [3.63, 3.8) is 0 Å². The van der Waals surface area contributed by atoms with Gasteiger partial charge in [0.1, 0.15) is 12.0 Å². The van der Waals surface area contributed by atoms with Crippen LogP contribution < -0.4 is 4.72 Å². The van der Waals surface area contributed by atoms with Gasteiger partial charge in [-0.3, -0.25) is 4.72 Å². The number of sulfonamides is 1. The minimum absolute atomic E-state index is 0.0589. The van der Waals surface area contributed by atoms with Crippen LogP contribution in [0.4, 0.5) is 18.9 Å². The van der Waals surface area contributed by atoms with Gasteiger partial charge in [-0.15, -0.1) is 10.2 Å². The molecular weight excluding hydrogens is 466 g/mol. The first kappa shape index (κ1) is 22.3. The van der Waals surface area contributed by atoms with Crippen molar-refractivity contribution in [2.75, 3.05) is 4.72 Å². The lowest BCUT2D eigenvalue weighted by Gasteiger charge is -2.14. The number of hydrogen-bond donors (Lipinski definition) is 1. The van der Waals surface area contributed by atoms with Gasteiger partial charge in [0.2, 0.25) is 0 Å². The number of hydrogen-bond acceptors (Lipinski definition) is 5. The van der Waals surface area contributed by atoms with Crippen LogP contribution in [0.3, 0.4) is 0 Å². The lowest BCUT2D eigenvalue weighted by Crippen LogP contribution is -2.16. The van der Waals surface area contributed by atoms with E-state index in [1.54, 1.807) is 4.57 Å². The fourth-order valence-electron chi connectivity index (χ4n) is 2.63. The number of halogens is 5. The minimum atomic E-state index is -4.82. The summed E-state index contributed by atoms with van der Waals surface area (Å²) in [6.45, 7) is 2.48. The van der Waals surface area contributed by atoms with E-state index in [0.717, 1.165) is 18.6 Å². The molecule has 0 aliphatic carbocycles. The molecule has 0 saturated heterocycles. The van der Waals surface area contributed by atoms with E-state index in [2.05, 4.69) is 19.9 Å². The van der Waals surface area contributed by atoms with Crippen molar-refractivity contribution < 1.29 is 21.6 Å². The van der Waals surface area contributed by atoms with E-state index in [4.69, 9.17) is 23.2 Å². The minimum Gasteiger partial charge on any atom is -0.312 e. The van der Waals surface area contributed by atoms with E-state index in [-0.39, 0.29) is 22.2 Å². The fourth-order valence-corrected chi connectivity index (χ4v) is 4.10. The number of aromatic nitrogens is 4. The summed E-state index contributed by atoms with van der Waals surface area (Å²) in [6, 6.07) is 3.58. The number of nitrogens with one attached hydrogen (secondary N) is 1. The summed E-state index contributed by atoms with van der Waals surface area (Å²) in [7, 11) is -4.43. The molecule has 3 aromatic rings. The van der Waals surface area contributed by atoms with Gasteiger partial charge in [0, 0.05) is 12.7 Å². The predicted octanol–water partition coefficient (Wildman–Crippen LogP) is 4.88. The number of rotatable bonds is 6. The molecule has 0 saturated carbocycles. The molecule has 0 bridgehead atoms. The number of benzene rings is 1. The number of alkyl halides is 3. The van der Waals surface area contributed by atoms with E-state index in [1.807, 2.05) is 6.92 Å².